The first-order valence-corrected chi connectivity index (χ1v) is 8.17. The van der Waals surface area contributed by atoms with Crippen LogP contribution in [0.25, 0.3) is 0 Å². The minimum absolute atomic E-state index is 0.0477. The molecule has 1 aromatic heterocycles. The Hall–Kier alpha value is -2.78. The molecule has 0 radical (unpaired) electrons. The number of hydrogen-bond donors (Lipinski definition) is 0. The van der Waals surface area contributed by atoms with Crippen LogP contribution in [0.4, 0.5) is 5.69 Å². The predicted molar refractivity (Wildman–Crippen MR) is 94.2 cm³/mol. The van der Waals surface area contributed by atoms with E-state index in [1.54, 1.807) is 13.3 Å². The molecule has 0 spiro atoms. The van der Waals surface area contributed by atoms with Crippen molar-refractivity contribution in [3.8, 4) is 17.7 Å². The minimum atomic E-state index is 0.0477. The average molecular weight is 339 g/mol. The molecule has 2 aromatic rings. The molecular formula is C19H21N3O3. The van der Waals surface area contributed by atoms with E-state index >= 15 is 0 Å². The Balaban J connectivity index is 1.76. The van der Waals surface area contributed by atoms with Crippen molar-refractivity contribution in [2.24, 2.45) is 0 Å². The van der Waals surface area contributed by atoms with Crippen LogP contribution in [0.2, 0.25) is 0 Å². The number of anilines is 1. The third-order valence-corrected chi connectivity index (χ3v) is 4.28. The smallest absolute Gasteiger partial charge is 0.233 e. The molecule has 0 aliphatic carbocycles. The number of nitriles is 1. The fourth-order valence-corrected chi connectivity index (χ4v) is 3.08. The molecule has 0 unspecified atom stereocenters. The first kappa shape index (κ1) is 17.1. The Kier molecular flexibility index (Phi) is 5.36. The fraction of sp³-hybridized carbons (Fsp3) is 0.368. The molecule has 0 amide bonds. The molecule has 1 atom stereocenters. The van der Waals surface area contributed by atoms with Gasteiger partial charge in [-0.15, -0.1) is 0 Å². The maximum Gasteiger partial charge on any atom is 0.233 e. The third kappa shape index (κ3) is 3.83. The molecule has 0 N–H and O–H groups in total. The van der Waals surface area contributed by atoms with Gasteiger partial charge >= 0.3 is 0 Å². The summed E-state index contributed by atoms with van der Waals surface area (Å²) in [7, 11) is 3.19. The van der Waals surface area contributed by atoms with Crippen molar-refractivity contribution in [3.63, 3.8) is 0 Å². The number of aromatic nitrogens is 1. The average Bonchev–Trinajstić information content (AvgIpc) is 2.67. The highest BCUT2D eigenvalue weighted by molar-refractivity contribution is 5.63. The highest BCUT2D eigenvalue weighted by atomic mass is 16.5. The minimum Gasteiger partial charge on any atom is -0.497 e. The van der Waals surface area contributed by atoms with Gasteiger partial charge in [0.15, 0.2) is 0 Å². The summed E-state index contributed by atoms with van der Waals surface area (Å²) >= 11 is 0. The van der Waals surface area contributed by atoms with Crippen LogP contribution in [0.15, 0.2) is 36.5 Å². The van der Waals surface area contributed by atoms with E-state index in [0.29, 0.717) is 24.6 Å². The molecule has 1 aliphatic rings. The topological polar surface area (TPSA) is 67.6 Å². The number of methoxy groups -OCH3 is 2. The van der Waals surface area contributed by atoms with E-state index in [-0.39, 0.29) is 6.10 Å². The lowest BCUT2D eigenvalue weighted by Crippen LogP contribution is -2.43. The van der Waals surface area contributed by atoms with Crippen molar-refractivity contribution in [2.45, 2.75) is 12.5 Å². The highest BCUT2D eigenvalue weighted by Gasteiger charge is 2.24. The van der Waals surface area contributed by atoms with Crippen LogP contribution in [0.3, 0.4) is 0 Å². The van der Waals surface area contributed by atoms with Gasteiger partial charge in [0.1, 0.15) is 17.4 Å². The normalized spacial score (nSPS) is 17.0. The van der Waals surface area contributed by atoms with Crippen LogP contribution in [0, 0.1) is 11.3 Å². The second kappa shape index (κ2) is 7.86. The zero-order valence-electron chi connectivity index (χ0n) is 14.4. The maximum absolute atomic E-state index is 9.48. The molecule has 6 heteroatoms. The molecule has 2 heterocycles. The molecule has 1 aliphatic heterocycles. The van der Waals surface area contributed by atoms with Crippen LogP contribution in [-0.4, -0.2) is 45.0 Å². The number of pyridine rings is 1. The summed E-state index contributed by atoms with van der Waals surface area (Å²) in [4.78, 5) is 6.28. The third-order valence-electron chi connectivity index (χ3n) is 4.28. The summed E-state index contributed by atoms with van der Waals surface area (Å²) < 4.78 is 16.4. The lowest BCUT2D eigenvalue weighted by Gasteiger charge is -2.35. The SMILES string of the molecule is COc1cccc(C[C@@H]2CN(c3ccnc(OC)c3C#N)CCO2)c1. The highest BCUT2D eigenvalue weighted by Crippen LogP contribution is 2.28. The van der Waals surface area contributed by atoms with Gasteiger partial charge in [-0.1, -0.05) is 12.1 Å². The van der Waals surface area contributed by atoms with Crippen LogP contribution in [0.1, 0.15) is 11.1 Å². The van der Waals surface area contributed by atoms with Gasteiger partial charge in [-0.2, -0.15) is 5.26 Å². The Bertz CT molecular complexity index is 773. The summed E-state index contributed by atoms with van der Waals surface area (Å²) in [6, 6.07) is 12.1. The van der Waals surface area contributed by atoms with Gasteiger partial charge in [0.05, 0.1) is 32.6 Å². The van der Waals surface area contributed by atoms with Crippen LogP contribution in [0.5, 0.6) is 11.6 Å². The summed E-state index contributed by atoms with van der Waals surface area (Å²) in [5.74, 6) is 1.20. The van der Waals surface area contributed by atoms with Gasteiger partial charge < -0.3 is 19.1 Å². The monoisotopic (exact) mass is 339 g/mol. The second-order valence-corrected chi connectivity index (χ2v) is 5.82. The van der Waals surface area contributed by atoms with Gasteiger partial charge in [-0.25, -0.2) is 4.98 Å². The van der Waals surface area contributed by atoms with Gasteiger partial charge in [-0.3, -0.25) is 0 Å². The molecular weight excluding hydrogens is 318 g/mol. The zero-order valence-corrected chi connectivity index (χ0v) is 14.4. The summed E-state index contributed by atoms with van der Waals surface area (Å²) in [6.45, 7) is 2.06. The maximum atomic E-state index is 9.48. The molecule has 1 fully saturated rings. The van der Waals surface area contributed by atoms with E-state index in [2.05, 4.69) is 22.0 Å². The van der Waals surface area contributed by atoms with E-state index in [1.807, 2.05) is 24.3 Å². The van der Waals surface area contributed by atoms with E-state index in [4.69, 9.17) is 14.2 Å². The summed E-state index contributed by atoms with van der Waals surface area (Å²) in [5.41, 5.74) is 2.47. The molecule has 1 saturated heterocycles. The van der Waals surface area contributed by atoms with Crippen molar-refractivity contribution in [1.29, 1.82) is 5.26 Å². The number of benzene rings is 1. The quantitative estimate of drug-likeness (QED) is 0.833. The van der Waals surface area contributed by atoms with Crippen molar-refractivity contribution in [2.75, 3.05) is 38.8 Å². The first-order chi connectivity index (χ1) is 12.2. The fourth-order valence-electron chi connectivity index (χ4n) is 3.08. The van der Waals surface area contributed by atoms with Gasteiger partial charge in [0.25, 0.3) is 0 Å². The number of rotatable bonds is 5. The van der Waals surface area contributed by atoms with E-state index in [9.17, 15) is 5.26 Å². The van der Waals surface area contributed by atoms with E-state index < -0.39 is 0 Å². The lowest BCUT2D eigenvalue weighted by atomic mass is 10.1. The van der Waals surface area contributed by atoms with Crippen molar-refractivity contribution in [1.82, 2.24) is 4.98 Å². The Morgan fingerprint density at radius 2 is 2.20 bits per heavy atom. The standard InChI is InChI=1S/C19H21N3O3/c1-23-15-5-3-4-14(10-15)11-16-13-22(8-9-25-16)18-6-7-21-19(24-2)17(18)12-20/h3-7,10,16H,8-9,11,13H2,1-2H3/t16-/m1/s1. The van der Waals surface area contributed by atoms with Crippen LogP contribution < -0.4 is 14.4 Å². The van der Waals surface area contributed by atoms with Crippen LogP contribution in [-0.2, 0) is 11.2 Å². The van der Waals surface area contributed by atoms with E-state index in [1.165, 1.54) is 12.7 Å². The molecule has 25 heavy (non-hydrogen) atoms. The molecule has 1 aromatic carbocycles. The van der Waals surface area contributed by atoms with Crippen molar-refractivity contribution < 1.29 is 14.2 Å². The van der Waals surface area contributed by atoms with Gasteiger partial charge in [0, 0.05) is 25.7 Å². The Morgan fingerprint density at radius 1 is 1.32 bits per heavy atom. The van der Waals surface area contributed by atoms with Crippen molar-refractivity contribution >= 4 is 5.69 Å². The molecule has 0 saturated carbocycles. The Labute approximate surface area is 147 Å². The first-order valence-electron chi connectivity index (χ1n) is 8.17. The van der Waals surface area contributed by atoms with Crippen LogP contribution >= 0.6 is 0 Å². The largest absolute Gasteiger partial charge is 0.497 e. The number of ether oxygens (including phenoxy) is 3. The molecule has 0 bridgehead atoms. The second-order valence-electron chi connectivity index (χ2n) is 5.82. The van der Waals surface area contributed by atoms with Gasteiger partial charge in [0.2, 0.25) is 5.88 Å². The van der Waals surface area contributed by atoms with Crippen molar-refractivity contribution in [3.05, 3.63) is 47.7 Å². The predicted octanol–water partition coefficient (Wildman–Crippen LogP) is 2.42. The zero-order chi connectivity index (χ0) is 17.6. The number of morpholine rings is 1. The number of hydrogen-bond acceptors (Lipinski definition) is 6. The molecule has 130 valence electrons. The summed E-state index contributed by atoms with van der Waals surface area (Å²) in [6.07, 6.45) is 2.51. The van der Waals surface area contributed by atoms with E-state index in [0.717, 1.165) is 24.4 Å². The molecule has 6 nitrogen and oxygen atoms in total. The molecule has 3 rings (SSSR count). The number of nitrogens with zero attached hydrogens (tertiary/aromatic N) is 3. The van der Waals surface area contributed by atoms with Gasteiger partial charge in [-0.05, 0) is 23.8 Å². The lowest BCUT2D eigenvalue weighted by molar-refractivity contribution is 0.0410. The summed E-state index contributed by atoms with van der Waals surface area (Å²) in [5, 5.41) is 9.48. The Morgan fingerprint density at radius 3 is 2.96 bits per heavy atom.